The lowest BCUT2D eigenvalue weighted by Crippen LogP contribution is -2.33. The van der Waals surface area contributed by atoms with E-state index in [0.717, 1.165) is 30.0 Å². The topological polar surface area (TPSA) is 64.8 Å². The van der Waals surface area contributed by atoms with Crippen LogP contribution in [0.2, 0.25) is 0 Å². The van der Waals surface area contributed by atoms with Crippen molar-refractivity contribution in [3.8, 4) is 11.5 Å². The van der Waals surface area contributed by atoms with Crippen molar-refractivity contribution in [2.24, 2.45) is 11.7 Å². The minimum atomic E-state index is -0.191. The van der Waals surface area contributed by atoms with Crippen molar-refractivity contribution in [2.45, 2.75) is 25.8 Å². The molecule has 1 aromatic rings. The summed E-state index contributed by atoms with van der Waals surface area (Å²) in [4.78, 5) is 13.8. The summed E-state index contributed by atoms with van der Waals surface area (Å²) in [5, 5.41) is 0. The Bertz CT molecular complexity index is 518. The van der Waals surface area contributed by atoms with Crippen LogP contribution >= 0.6 is 0 Å². The highest BCUT2D eigenvalue weighted by Crippen LogP contribution is 2.34. The Labute approximate surface area is 118 Å². The van der Waals surface area contributed by atoms with Crippen LogP contribution in [0.5, 0.6) is 11.5 Å². The molecule has 2 heterocycles. The van der Waals surface area contributed by atoms with Gasteiger partial charge in [0, 0.05) is 25.6 Å². The van der Waals surface area contributed by atoms with E-state index in [1.807, 2.05) is 23.1 Å². The fourth-order valence-electron chi connectivity index (χ4n) is 2.79. The van der Waals surface area contributed by atoms with Gasteiger partial charge in [0.25, 0.3) is 0 Å². The van der Waals surface area contributed by atoms with E-state index >= 15 is 0 Å². The lowest BCUT2D eigenvalue weighted by atomic mass is 10.1. The van der Waals surface area contributed by atoms with Crippen LogP contribution in [0.1, 0.15) is 31.4 Å². The SMILES string of the molecule is CCC1CC(=O)N(CC(N)c2ccc3c(c2)OCO3)C1. The molecule has 2 unspecified atom stereocenters. The molecule has 1 aromatic carbocycles. The molecule has 0 spiro atoms. The third-order valence-corrected chi connectivity index (χ3v) is 4.11. The molecular formula is C15H20N2O3. The van der Waals surface area contributed by atoms with Gasteiger partial charge < -0.3 is 20.1 Å². The van der Waals surface area contributed by atoms with Crippen molar-refractivity contribution in [3.05, 3.63) is 23.8 Å². The second-order valence-corrected chi connectivity index (χ2v) is 5.50. The Hall–Kier alpha value is -1.75. The molecule has 1 fully saturated rings. The maximum absolute atomic E-state index is 11.9. The van der Waals surface area contributed by atoms with Crippen LogP contribution in [0.15, 0.2) is 18.2 Å². The molecule has 3 rings (SSSR count). The van der Waals surface area contributed by atoms with Crippen molar-refractivity contribution < 1.29 is 14.3 Å². The summed E-state index contributed by atoms with van der Waals surface area (Å²) < 4.78 is 10.6. The number of carbonyl (C=O) groups is 1. The minimum absolute atomic E-state index is 0.191. The van der Waals surface area contributed by atoms with Crippen molar-refractivity contribution in [2.75, 3.05) is 19.9 Å². The number of hydrogen-bond acceptors (Lipinski definition) is 4. The molecule has 2 aliphatic heterocycles. The van der Waals surface area contributed by atoms with Crippen molar-refractivity contribution in [3.63, 3.8) is 0 Å². The molecule has 1 saturated heterocycles. The number of nitrogens with two attached hydrogens (primary N) is 1. The molecule has 1 amide bonds. The number of rotatable bonds is 4. The van der Waals surface area contributed by atoms with Gasteiger partial charge in [0.15, 0.2) is 11.5 Å². The summed E-state index contributed by atoms with van der Waals surface area (Å²) >= 11 is 0. The van der Waals surface area contributed by atoms with Crippen molar-refractivity contribution in [1.29, 1.82) is 0 Å². The number of benzene rings is 1. The van der Waals surface area contributed by atoms with Crippen molar-refractivity contribution >= 4 is 5.91 Å². The Morgan fingerprint density at radius 1 is 1.40 bits per heavy atom. The van der Waals surface area contributed by atoms with E-state index in [1.165, 1.54) is 0 Å². The van der Waals surface area contributed by atoms with Crippen LogP contribution in [-0.4, -0.2) is 30.7 Å². The van der Waals surface area contributed by atoms with Crippen molar-refractivity contribution in [1.82, 2.24) is 4.90 Å². The lowest BCUT2D eigenvalue weighted by Gasteiger charge is -2.21. The second-order valence-electron chi connectivity index (χ2n) is 5.50. The first kappa shape index (κ1) is 13.2. The Balaban J connectivity index is 1.67. The van der Waals surface area contributed by atoms with Gasteiger partial charge in [-0.15, -0.1) is 0 Å². The molecule has 2 atom stereocenters. The average Bonchev–Trinajstić information content (AvgIpc) is 3.04. The Morgan fingerprint density at radius 2 is 2.20 bits per heavy atom. The maximum atomic E-state index is 11.9. The zero-order chi connectivity index (χ0) is 14.1. The monoisotopic (exact) mass is 276 g/mol. The molecule has 0 bridgehead atoms. The number of carbonyl (C=O) groups excluding carboxylic acids is 1. The van der Waals surface area contributed by atoms with Gasteiger partial charge in [-0.25, -0.2) is 0 Å². The van der Waals surface area contributed by atoms with Gasteiger partial charge in [0.05, 0.1) is 0 Å². The molecule has 2 N–H and O–H groups in total. The Kier molecular flexibility index (Phi) is 3.53. The highest BCUT2D eigenvalue weighted by molar-refractivity contribution is 5.78. The predicted octanol–water partition coefficient (Wildman–Crippen LogP) is 1.67. The number of amides is 1. The van der Waals surface area contributed by atoms with Gasteiger partial charge in [-0.3, -0.25) is 4.79 Å². The number of hydrogen-bond donors (Lipinski definition) is 1. The number of ether oxygens (including phenoxy) is 2. The van der Waals surface area contributed by atoms with Gasteiger partial charge in [-0.1, -0.05) is 19.4 Å². The highest BCUT2D eigenvalue weighted by atomic mass is 16.7. The normalized spacial score (nSPS) is 22.4. The first-order valence-corrected chi connectivity index (χ1v) is 7.10. The molecule has 20 heavy (non-hydrogen) atoms. The number of fused-ring (bicyclic) bond motifs is 1. The average molecular weight is 276 g/mol. The standard InChI is InChI=1S/C15H20N2O3/c1-2-10-5-15(18)17(7-10)8-12(16)11-3-4-13-14(6-11)20-9-19-13/h3-4,6,10,12H,2,5,7-9,16H2,1H3. The van der Waals surface area contributed by atoms with E-state index in [1.54, 1.807) is 0 Å². The van der Waals surface area contributed by atoms with Gasteiger partial charge >= 0.3 is 0 Å². The van der Waals surface area contributed by atoms with Crippen LogP contribution in [0.25, 0.3) is 0 Å². The van der Waals surface area contributed by atoms with Crippen LogP contribution in [0.3, 0.4) is 0 Å². The lowest BCUT2D eigenvalue weighted by molar-refractivity contribution is -0.127. The zero-order valence-corrected chi connectivity index (χ0v) is 11.7. The third-order valence-electron chi connectivity index (χ3n) is 4.11. The van der Waals surface area contributed by atoms with Gasteiger partial charge in [-0.2, -0.15) is 0 Å². The molecule has 108 valence electrons. The summed E-state index contributed by atoms with van der Waals surface area (Å²) in [5.41, 5.74) is 7.20. The van der Waals surface area contributed by atoms with Crippen LogP contribution < -0.4 is 15.2 Å². The van der Waals surface area contributed by atoms with E-state index in [-0.39, 0.29) is 18.7 Å². The number of likely N-dealkylation sites (tertiary alicyclic amines) is 1. The molecule has 0 radical (unpaired) electrons. The minimum Gasteiger partial charge on any atom is -0.454 e. The first-order valence-electron chi connectivity index (χ1n) is 7.10. The molecular weight excluding hydrogens is 256 g/mol. The molecule has 0 aliphatic carbocycles. The largest absolute Gasteiger partial charge is 0.454 e. The third kappa shape index (κ3) is 2.45. The fourth-order valence-corrected chi connectivity index (χ4v) is 2.79. The van der Waals surface area contributed by atoms with Crippen LogP contribution in [-0.2, 0) is 4.79 Å². The highest BCUT2D eigenvalue weighted by Gasteiger charge is 2.29. The summed E-state index contributed by atoms with van der Waals surface area (Å²) in [7, 11) is 0. The summed E-state index contributed by atoms with van der Waals surface area (Å²) in [6, 6.07) is 5.53. The van der Waals surface area contributed by atoms with Gasteiger partial charge in [0.1, 0.15) is 0 Å². The summed E-state index contributed by atoms with van der Waals surface area (Å²) in [5.74, 6) is 2.18. The Morgan fingerprint density at radius 3 is 2.95 bits per heavy atom. The zero-order valence-electron chi connectivity index (χ0n) is 11.7. The second kappa shape index (κ2) is 5.32. The van der Waals surface area contributed by atoms with E-state index in [2.05, 4.69) is 6.92 Å². The maximum Gasteiger partial charge on any atom is 0.231 e. The van der Waals surface area contributed by atoms with E-state index < -0.39 is 0 Å². The number of nitrogens with zero attached hydrogens (tertiary/aromatic N) is 1. The summed E-state index contributed by atoms with van der Waals surface area (Å²) in [6.07, 6.45) is 1.70. The van der Waals surface area contributed by atoms with E-state index in [0.29, 0.717) is 18.9 Å². The first-order chi connectivity index (χ1) is 9.67. The molecule has 2 aliphatic rings. The van der Waals surface area contributed by atoms with E-state index in [4.69, 9.17) is 15.2 Å². The molecule has 5 heteroatoms. The molecule has 0 saturated carbocycles. The van der Waals surface area contributed by atoms with Gasteiger partial charge in [0.2, 0.25) is 12.7 Å². The fraction of sp³-hybridized carbons (Fsp3) is 0.533. The smallest absolute Gasteiger partial charge is 0.231 e. The quantitative estimate of drug-likeness (QED) is 0.908. The predicted molar refractivity (Wildman–Crippen MR) is 74.5 cm³/mol. The van der Waals surface area contributed by atoms with Crippen LogP contribution in [0, 0.1) is 5.92 Å². The van der Waals surface area contributed by atoms with Gasteiger partial charge in [-0.05, 0) is 23.6 Å². The van der Waals surface area contributed by atoms with E-state index in [9.17, 15) is 4.79 Å². The van der Waals surface area contributed by atoms with Crippen LogP contribution in [0.4, 0.5) is 0 Å². The molecule has 5 nitrogen and oxygen atoms in total. The summed E-state index contributed by atoms with van der Waals surface area (Å²) in [6.45, 7) is 3.78. The molecule has 0 aromatic heterocycles.